The van der Waals surface area contributed by atoms with E-state index in [0.29, 0.717) is 0 Å². The number of hydrogen-bond donors (Lipinski definition) is 2. The highest BCUT2D eigenvalue weighted by Crippen LogP contribution is 2.34. The molecule has 1 amide bonds. The molecule has 0 aromatic rings. The van der Waals surface area contributed by atoms with Crippen LogP contribution < -0.4 is 10.6 Å². The maximum Gasteiger partial charge on any atom is 0.224 e. The maximum atomic E-state index is 12.3. The van der Waals surface area contributed by atoms with Crippen molar-refractivity contribution in [2.75, 3.05) is 44.2 Å². The lowest BCUT2D eigenvalue weighted by molar-refractivity contribution is -0.125. The van der Waals surface area contributed by atoms with Crippen LogP contribution >= 0.6 is 36.6 Å². The summed E-state index contributed by atoms with van der Waals surface area (Å²) in [5.74, 6) is 2.98. The Morgan fingerprint density at radius 1 is 1.17 bits per heavy atom. The van der Waals surface area contributed by atoms with E-state index in [1.807, 2.05) is 0 Å². The normalized spacial score (nSPS) is 27.6. The van der Waals surface area contributed by atoms with Crippen molar-refractivity contribution in [1.82, 2.24) is 15.5 Å². The van der Waals surface area contributed by atoms with Gasteiger partial charge in [-0.1, -0.05) is 19.3 Å². The largest absolute Gasteiger partial charge is 0.354 e. The van der Waals surface area contributed by atoms with E-state index in [-0.39, 0.29) is 42.2 Å². The van der Waals surface area contributed by atoms with E-state index >= 15 is 0 Å². The molecule has 0 aromatic carbocycles. The number of halogens is 2. The van der Waals surface area contributed by atoms with E-state index in [0.717, 1.165) is 26.1 Å². The number of rotatable bonds is 4. The van der Waals surface area contributed by atoms with Crippen LogP contribution in [0.1, 0.15) is 38.5 Å². The zero-order valence-electron chi connectivity index (χ0n) is 13.8. The van der Waals surface area contributed by atoms with E-state index in [1.54, 1.807) is 0 Å². The lowest BCUT2D eigenvalue weighted by Gasteiger charge is -2.48. The fourth-order valence-corrected chi connectivity index (χ4v) is 5.03. The molecular formula is C16H31Cl2N3OS. The van der Waals surface area contributed by atoms with E-state index in [2.05, 4.69) is 27.3 Å². The van der Waals surface area contributed by atoms with Crippen molar-refractivity contribution in [2.45, 2.75) is 44.1 Å². The summed E-state index contributed by atoms with van der Waals surface area (Å²) in [6.45, 7) is 5.12. The van der Waals surface area contributed by atoms with Gasteiger partial charge in [0.1, 0.15) is 0 Å². The second-order valence-electron chi connectivity index (χ2n) is 6.79. The Kier molecular flexibility index (Phi) is 9.61. The number of hydrogen-bond acceptors (Lipinski definition) is 4. The molecule has 3 aliphatic rings. The summed E-state index contributed by atoms with van der Waals surface area (Å²) in [7, 11) is 0. The molecule has 3 rings (SSSR count). The molecule has 0 spiro atoms. The van der Waals surface area contributed by atoms with Crippen molar-refractivity contribution >= 4 is 42.5 Å². The monoisotopic (exact) mass is 383 g/mol. The molecule has 3 fully saturated rings. The molecule has 1 atom stereocenters. The maximum absolute atomic E-state index is 12.3. The molecule has 2 N–H and O–H groups in total. The summed E-state index contributed by atoms with van der Waals surface area (Å²) in [6.07, 6.45) is 7.54. The first kappa shape index (κ1) is 21.4. The van der Waals surface area contributed by atoms with Crippen LogP contribution in [-0.4, -0.2) is 60.6 Å². The average molecular weight is 384 g/mol. The number of thioether (sulfide) groups is 1. The molecule has 7 heteroatoms. The summed E-state index contributed by atoms with van der Waals surface area (Å²) in [5.41, 5.74) is 0.251. The molecule has 0 bridgehead atoms. The predicted molar refractivity (Wildman–Crippen MR) is 103 cm³/mol. The van der Waals surface area contributed by atoms with Gasteiger partial charge in [0.25, 0.3) is 0 Å². The first-order chi connectivity index (χ1) is 10.3. The number of carbonyl (C=O) groups is 1. The van der Waals surface area contributed by atoms with Crippen LogP contribution in [0, 0.1) is 5.92 Å². The zero-order chi connectivity index (χ0) is 14.5. The third kappa shape index (κ3) is 5.40. The highest BCUT2D eigenvalue weighted by atomic mass is 35.5. The van der Waals surface area contributed by atoms with Crippen LogP contribution in [0.25, 0.3) is 0 Å². The van der Waals surface area contributed by atoms with Crippen LogP contribution in [0.2, 0.25) is 0 Å². The first-order valence-electron chi connectivity index (χ1n) is 8.61. The molecular weight excluding hydrogens is 353 g/mol. The summed E-state index contributed by atoms with van der Waals surface area (Å²) in [5, 5.41) is 6.60. The van der Waals surface area contributed by atoms with Crippen molar-refractivity contribution in [3.63, 3.8) is 0 Å². The van der Waals surface area contributed by atoms with Crippen LogP contribution in [-0.2, 0) is 4.79 Å². The molecule has 0 radical (unpaired) electrons. The van der Waals surface area contributed by atoms with Crippen molar-refractivity contribution in [1.29, 1.82) is 0 Å². The molecule has 1 aliphatic carbocycles. The van der Waals surface area contributed by atoms with E-state index in [4.69, 9.17) is 0 Å². The molecule has 1 unspecified atom stereocenters. The number of nitrogens with one attached hydrogen (secondary N) is 2. The van der Waals surface area contributed by atoms with Crippen LogP contribution in [0.4, 0.5) is 0 Å². The van der Waals surface area contributed by atoms with Gasteiger partial charge in [-0.05, 0) is 25.8 Å². The van der Waals surface area contributed by atoms with Gasteiger partial charge in [-0.15, -0.1) is 24.8 Å². The van der Waals surface area contributed by atoms with Crippen LogP contribution in [0.15, 0.2) is 0 Å². The Labute approximate surface area is 157 Å². The highest BCUT2D eigenvalue weighted by Gasteiger charge is 2.39. The Balaban J connectivity index is 0.00000132. The van der Waals surface area contributed by atoms with Gasteiger partial charge in [-0.3, -0.25) is 9.69 Å². The SMILES string of the molecule is Cl.Cl.O=C(NCC1(N2CCSCC2)CCCCC1)C1CCNC1. The van der Waals surface area contributed by atoms with Gasteiger partial charge in [-0.2, -0.15) is 11.8 Å². The quantitative estimate of drug-likeness (QED) is 0.781. The number of carbonyl (C=O) groups excluding carboxylic acids is 1. The lowest BCUT2D eigenvalue weighted by Crippen LogP contribution is -2.59. The molecule has 4 nitrogen and oxygen atoms in total. The van der Waals surface area contributed by atoms with Crippen molar-refractivity contribution in [3.8, 4) is 0 Å². The van der Waals surface area contributed by atoms with Gasteiger partial charge in [0, 0.05) is 43.2 Å². The molecule has 23 heavy (non-hydrogen) atoms. The number of nitrogens with zero attached hydrogens (tertiary/aromatic N) is 1. The number of amides is 1. The highest BCUT2D eigenvalue weighted by molar-refractivity contribution is 7.99. The standard InChI is InChI=1S/C16H29N3OS.2ClH/c20-15(14-4-7-17-12-14)18-13-16(5-2-1-3-6-16)19-8-10-21-11-9-19;;/h14,17H,1-13H2,(H,18,20);2*1H. The zero-order valence-corrected chi connectivity index (χ0v) is 16.3. The van der Waals surface area contributed by atoms with Crippen LogP contribution in [0.5, 0.6) is 0 Å². The molecule has 1 saturated carbocycles. The smallest absolute Gasteiger partial charge is 0.224 e. The van der Waals surface area contributed by atoms with Gasteiger partial charge in [0.05, 0.1) is 5.92 Å². The minimum Gasteiger partial charge on any atom is -0.354 e. The van der Waals surface area contributed by atoms with Gasteiger partial charge in [-0.25, -0.2) is 0 Å². The summed E-state index contributed by atoms with van der Waals surface area (Å²) in [4.78, 5) is 15.0. The van der Waals surface area contributed by atoms with Crippen LogP contribution in [0.3, 0.4) is 0 Å². The summed E-state index contributed by atoms with van der Waals surface area (Å²) >= 11 is 2.07. The minimum atomic E-state index is 0. The third-order valence-corrected chi connectivity index (χ3v) is 6.43. The topological polar surface area (TPSA) is 44.4 Å². The van der Waals surface area contributed by atoms with Crippen molar-refractivity contribution in [3.05, 3.63) is 0 Å². The predicted octanol–water partition coefficient (Wildman–Crippen LogP) is 2.31. The average Bonchev–Trinajstić information content (AvgIpc) is 3.09. The Hall–Kier alpha value is 0.320. The first-order valence-corrected chi connectivity index (χ1v) is 9.77. The van der Waals surface area contributed by atoms with Crippen molar-refractivity contribution < 1.29 is 4.79 Å². The van der Waals surface area contributed by atoms with Gasteiger partial charge in [0.2, 0.25) is 5.91 Å². The van der Waals surface area contributed by atoms with Crippen molar-refractivity contribution in [2.24, 2.45) is 5.92 Å². The lowest BCUT2D eigenvalue weighted by atomic mass is 9.79. The fraction of sp³-hybridized carbons (Fsp3) is 0.938. The molecule has 2 aliphatic heterocycles. The second kappa shape index (κ2) is 10.3. The van der Waals surface area contributed by atoms with E-state index in [1.165, 1.54) is 56.7 Å². The molecule has 136 valence electrons. The van der Waals surface area contributed by atoms with E-state index < -0.39 is 0 Å². The van der Waals surface area contributed by atoms with Gasteiger partial charge < -0.3 is 10.6 Å². The minimum absolute atomic E-state index is 0. The Morgan fingerprint density at radius 2 is 1.87 bits per heavy atom. The molecule has 0 aromatic heterocycles. The Bertz CT molecular complexity index is 355. The second-order valence-corrected chi connectivity index (χ2v) is 8.02. The molecule has 2 heterocycles. The third-order valence-electron chi connectivity index (χ3n) is 5.49. The Morgan fingerprint density at radius 3 is 2.48 bits per heavy atom. The van der Waals surface area contributed by atoms with Gasteiger partial charge in [0.15, 0.2) is 0 Å². The summed E-state index contributed by atoms with van der Waals surface area (Å²) < 4.78 is 0. The van der Waals surface area contributed by atoms with Gasteiger partial charge >= 0.3 is 0 Å². The summed E-state index contributed by atoms with van der Waals surface area (Å²) in [6, 6.07) is 0. The molecule has 2 saturated heterocycles. The fourth-order valence-electron chi connectivity index (χ4n) is 4.13. The van der Waals surface area contributed by atoms with E-state index in [9.17, 15) is 4.79 Å².